The van der Waals surface area contributed by atoms with E-state index in [1.54, 1.807) is 0 Å². The van der Waals surface area contributed by atoms with Crippen molar-refractivity contribution in [1.82, 2.24) is 0 Å². The number of benzene rings is 1. The van der Waals surface area contributed by atoms with E-state index >= 15 is 0 Å². The second-order valence-electron chi connectivity index (χ2n) is 4.26. The summed E-state index contributed by atoms with van der Waals surface area (Å²) in [5.74, 6) is 0.575. The van der Waals surface area contributed by atoms with Crippen LogP contribution in [0.15, 0.2) is 48.2 Å². The Morgan fingerprint density at radius 3 is 2.60 bits per heavy atom. The highest BCUT2D eigenvalue weighted by molar-refractivity contribution is 5.28. The zero-order valence-corrected chi connectivity index (χ0v) is 9.21. The highest BCUT2D eigenvalue weighted by atomic mass is 14.2. The van der Waals surface area contributed by atoms with E-state index in [4.69, 9.17) is 0 Å². The lowest BCUT2D eigenvalue weighted by molar-refractivity contribution is 0.662. The molecule has 1 unspecified atom stereocenters. The Hall–Kier alpha value is -1.26. The van der Waals surface area contributed by atoms with Crippen LogP contribution in [0.1, 0.15) is 43.6 Å². The molecule has 1 saturated carbocycles. The Balaban J connectivity index is 2.29. The van der Waals surface area contributed by atoms with E-state index in [0.717, 1.165) is 0 Å². The number of rotatable bonds is 1. The molecule has 78 valence electrons. The second kappa shape index (κ2) is 5.00. The van der Waals surface area contributed by atoms with Gasteiger partial charge in [-0.25, -0.2) is 0 Å². The van der Waals surface area contributed by atoms with E-state index in [2.05, 4.69) is 42.6 Å². The Kier molecular flexibility index (Phi) is 3.42. The number of hydrogen-bond acceptors (Lipinski definition) is 0. The van der Waals surface area contributed by atoms with Crippen LogP contribution in [0, 0.1) is 0 Å². The summed E-state index contributed by atoms with van der Waals surface area (Å²) in [5.41, 5.74) is 6.01. The Morgan fingerprint density at radius 1 is 1.07 bits per heavy atom. The molecular formula is C15H18. The predicted molar refractivity (Wildman–Crippen MR) is 64.9 cm³/mol. The summed E-state index contributed by atoms with van der Waals surface area (Å²) < 4.78 is 0. The van der Waals surface area contributed by atoms with Crippen molar-refractivity contribution in [3.05, 3.63) is 53.8 Å². The molecule has 1 fully saturated rings. The van der Waals surface area contributed by atoms with Crippen molar-refractivity contribution in [2.24, 2.45) is 0 Å². The molecule has 2 rings (SSSR count). The van der Waals surface area contributed by atoms with Crippen molar-refractivity contribution in [2.45, 2.75) is 38.0 Å². The molecule has 0 spiro atoms. The lowest BCUT2D eigenvalue weighted by Gasteiger charge is -2.16. The van der Waals surface area contributed by atoms with Crippen LogP contribution in [-0.2, 0) is 0 Å². The molecule has 0 radical (unpaired) electrons. The number of hydrogen-bond donors (Lipinski definition) is 0. The lowest BCUT2D eigenvalue weighted by Crippen LogP contribution is -1.99. The zero-order chi connectivity index (χ0) is 10.5. The highest BCUT2D eigenvalue weighted by Gasteiger charge is 2.18. The summed E-state index contributed by atoms with van der Waals surface area (Å²) in [5, 5.41) is 0. The summed E-state index contributed by atoms with van der Waals surface area (Å²) in [6.45, 7) is 3.84. The molecule has 1 aliphatic carbocycles. The Bertz CT molecular complexity index is 355. The van der Waals surface area contributed by atoms with Crippen molar-refractivity contribution in [2.75, 3.05) is 0 Å². The minimum absolute atomic E-state index is 0.575. The van der Waals surface area contributed by atoms with Crippen molar-refractivity contribution in [3.63, 3.8) is 0 Å². The van der Waals surface area contributed by atoms with E-state index in [1.165, 1.54) is 43.2 Å². The van der Waals surface area contributed by atoms with Crippen LogP contribution in [0.25, 0.3) is 0 Å². The van der Waals surface area contributed by atoms with Crippen molar-refractivity contribution in [3.8, 4) is 0 Å². The van der Waals surface area contributed by atoms with E-state index in [9.17, 15) is 0 Å². The molecule has 0 bridgehead atoms. The molecule has 15 heavy (non-hydrogen) atoms. The van der Waals surface area contributed by atoms with Crippen LogP contribution >= 0.6 is 0 Å². The van der Waals surface area contributed by atoms with E-state index in [0.29, 0.717) is 5.92 Å². The topological polar surface area (TPSA) is 0 Å². The molecule has 0 nitrogen and oxygen atoms in total. The second-order valence-corrected chi connectivity index (χ2v) is 4.26. The van der Waals surface area contributed by atoms with Gasteiger partial charge >= 0.3 is 0 Å². The van der Waals surface area contributed by atoms with E-state index in [1.807, 2.05) is 0 Å². The summed E-state index contributed by atoms with van der Waals surface area (Å²) >= 11 is 0. The highest BCUT2D eigenvalue weighted by Crippen LogP contribution is 2.35. The molecule has 0 aliphatic heterocycles. The van der Waals surface area contributed by atoms with Gasteiger partial charge in [0.25, 0.3) is 0 Å². The third kappa shape index (κ3) is 2.40. The van der Waals surface area contributed by atoms with Gasteiger partial charge in [0.2, 0.25) is 0 Å². The van der Waals surface area contributed by atoms with Crippen LogP contribution in [0.5, 0.6) is 0 Å². The van der Waals surface area contributed by atoms with Crippen LogP contribution in [0.4, 0.5) is 0 Å². The van der Waals surface area contributed by atoms with Gasteiger partial charge < -0.3 is 0 Å². The molecule has 0 heterocycles. The van der Waals surface area contributed by atoms with Crippen molar-refractivity contribution in [1.29, 1.82) is 0 Å². The van der Waals surface area contributed by atoms with Crippen LogP contribution < -0.4 is 0 Å². The normalized spacial score (nSPS) is 21.9. The fourth-order valence-electron chi connectivity index (χ4n) is 2.45. The third-order valence-corrected chi connectivity index (χ3v) is 3.29. The molecule has 1 aromatic carbocycles. The fraction of sp³-hybridized carbons (Fsp3) is 0.400. The Morgan fingerprint density at radius 2 is 1.87 bits per heavy atom. The Labute approximate surface area is 92.3 Å². The lowest BCUT2D eigenvalue weighted by atomic mass is 9.88. The van der Waals surface area contributed by atoms with Crippen molar-refractivity contribution >= 4 is 0 Å². The molecule has 1 aliphatic rings. The standard InChI is InChI=1S/C15H18/c1-2-13-9-5-4-8-12-15(13)14-10-6-3-7-11-14/h3,6-7,10-11,15H,1,4-5,8-9,12H2. The molecule has 0 heteroatoms. The smallest absolute Gasteiger partial charge is 0.0124 e. The quantitative estimate of drug-likeness (QED) is 0.462. The minimum Gasteiger partial charge on any atom is -0.129 e. The maximum atomic E-state index is 3.84. The van der Waals surface area contributed by atoms with Gasteiger partial charge in [-0.2, -0.15) is 0 Å². The summed E-state index contributed by atoms with van der Waals surface area (Å²) in [6.07, 6.45) is 6.45. The predicted octanol–water partition coefficient (Wildman–Crippen LogP) is 4.45. The van der Waals surface area contributed by atoms with Crippen LogP contribution in [-0.4, -0.2) is 0 Å². The van der Waals surface area contributed by atoms with E-state index < -0.39 is 0 Å². The molecule has 0 aromatic heterocycles. The summed E-state index contributed by atoms with van der Waals surface area (Å²) in [4.78, 5) is 0. The van der Waals surface area contributed by atoms with Crippen LogP contribution in [0.2, 0.25) is 0 Å². The zero-order valence-electron chi connectivity index (χ0n) is 9.21. The fourth-order valence-corrected chi connectivity index (χ4v) is 2.45. The largest absolute Gasteiger partial charge is 0.129 e. The SMILES string of the molecule is C=C=C1CCCCCC1c1ccccc1. The van der Waals surface area contributed by atoms with Gasteiger partial charge in [-0.05, 0) is 30.4 Å². The summed E-state index contributed by atoms with van der Waals surface area (Å²) in [6, 6.07) is 10.8. The van der Waals surface area contributed by atoms with Gasteiger partial charge in [0.15, 0.2) is 0 Å². The molecule has 0 amide bonds. The first-order chi connectivity index (χ1) is 7.42. The number of allylic oxidation sites excluding steroid dienone is 1. The van der Waals surface area contributed by atoms with Gasteiger partial charge in [0.1, 0.15) is 0 Å². The van der Waals surface area contributed by atoms with Crippen molar-refractivity contribution < 1.29 is 0 Å². The summed E-state index contributed by atoms with van der Waals surface area (Å²) in [7, 11) is 0. The van der Waals surface area contributed by atoms with Gasteiger partial charge in [0.05, 0.1) is 0 Å². The maximum Gasteiger partial charge on any atom is 0.0124 e. The monoisotopic (exact) mass is 198 g/mol. The van der Waals surface area contributed by atoms with Crippen LogP contribution in [0.3, 0.4) is 0 Å². The van der Waals surface area contributed by atoms with Gasteiger partial charge in [-0.15, -0.1) is 5.73 Å². The average molecular weight is 198 g/mol. The molecule has 1 atom stereocenters. The van der Waals surface area contributed by atoms with Gasteiger partial charge in [-0.3, -0.25) is 0 Å². The molecular weight excluding hydrogens is 180 g/mol. The molecule has 0 saturated heterocycles. The van der Waals surface area contributed by atoms with E-state index in [-0.39, 0.29) is 0 Å². The average Bonchev–Trinajstić information content (AvgIpc) is 2.55. The third-order valence-electron chi connectivity index (χ3n) is 3.29. The maximum absolute atomic E-state index is 3.84. The molecule has 1 aromatic rings. The van der Waals surface area contributed by atoms with Gasteiger partial charge in [-0.1, -0.05) is 49.8 Å². The first-order valence-electron chi connectivity index (χ1n) is 5.85. The molecule has 0 N–H and O–H groups in total. The first-order valence-corrected chi connectivity index (χ1v) is 5.85. The first kappa shape index (κ1) is 10.3. The van der Waals surface area contributed by atoms with Gasteiger partial charge in [0, 0.05) is 5.92 Å². The minimum atomic E-state index is 0.575.